The average Bonchev–Trinajstić information content (AvgIpc) is 3.19. The maximum atomic E-state index is 12.7. The lowest BCUT2D eigenvalue weighted by molar-refractivity contribution is -0.167. The highest BCUT2D eigenvalue weighted by Gasteiger charge is 2.19. The molecule has 6 heteroatoms. The third-order valence-corrected chi connectivity index (χ3v) is 11.7. The second-order valence-electron chi connectivity index (χ2n) is 17.3. The number of unbranched alkanes of at least 4 members (excludes halogenated alkanes) is 31. The maximum Gasteiger partial charge on any atom is 0.306 e. The van der Waals surface area contributed by atoms with E-state index in [9.17, 15) is 14.4 Å². The van der Waals surface area contributed by atoms with Gasteiger partial charge in [-0.2, -0.15) is 0 Å². The molecule has 0 N–H and O–H groups in total. The molecule has 0 aliphatic rings. The van der Waals surface area contributed by atoms with Crippen LogP contribution in [0, 0.1) is 5.92 Å². The lowest BCUT2D eigenvalue weighted by atomic mass is 9.99. The van der Waals surface area contributed by atoms with Crippen molar-refractivity contribution < 1.29 is 28.6 Å². The van der Waals surface area contributed by atoms with Crippen molar-refractivity contribution in [2.75, 3.05) is 13.2 Å². The van der Waals surface area contributed by atoms with Crippen LogP contribution in [0.25, 0.3) is 0 Å². The average molecular weight is 793 g/mol. The summed E-state index contributed by atoms with van der Waals surface area (Å²) in [6, 6.07) is 0. The van der Waals surface area contributed by atoms with Crippen LogP contribution in [0.4, 0.5) is 0 Å². The van der Waals surface area contributed by atoms with E-state index >= 15 is 0 Å². The minimum Gasteiger partial charge on any atom is -0.462 e. The summed E-state index contributed by atoms with van der Waals surface area (Å²) in [5.41, 5.74) is 0. The van der Waals surface area contributed by atoms with E-state index in [2.05, 4.69) is 27.7 Å². The van der Waals surface area contributed by atoms with Crippen LogP contribution >= 0.6 is 0 Å². The molecule has 0 fully saturated rings. The predicted octanol–water partition coefficient (Wildman–Crippen LogP) is 15.9. The first-order valence-electron chi connectivity index (χ1n) is 24.9. The highest BCUT2D eigenvalue weighted by atomic mass is 16.6. The second-order valence-corrected chi connectivity index (χ2v) is 17.3. The van der Waals surface area contributed by atoms with E-state index in [0.29, 0.717) is 19.3 Å². The third kappa shape index (κ3) is 42.0. The molecule has 332 valence electrons. The van der Waals surface area contributed by atoms with Crippen molar-refractivity contribution in [3.63, 3.8) is 0 Å². The third-order valence-electron chi connectivity index (χ3n) is 11.7. The van der Waals surface area contributed by atoms with Gasteiger partial charge in [-0.05, 0) is 25.2 Å². The van der Waals surface area contributed by atoms with Gasteiger partial charge >= 0.3 is 17.9 Å². The Hall–Kier alpha value is -1.59. The highest BCUT2D eigenvalue weighted by molar-refractivity contribution is 5.71. The van der Waals surface area contributed by atoms with Crippen molar-refractivity contribution >= 4 is 17.9 Å². The van der Waals surface area contributed by atoms with E-state index in [4.69, 9.17) is 14.2 Å². The molecule has 0 aromatic carbocycles. The predicted molar refractivity (Wildman–Crippen MR) is 238 cm³/mol. The Morgan fingerprint density at radius 1 is 0.357 bits per heavy atom. The number of hydrogen-bond acceptors (Lipinski definition) is 6. The van der Waals surface area contributed by atoms with E-state index in [1.165, 1.54) is 173 Å². The lowest BCUT2D eigenvalue weighted by Gasteiger charge is -2.18. The Morgan fingerprint density at radius 2 is 0.625 bits per heavy atom. The van der Waals surface area contributed by atoms with Gasteiger partial charge in [-0.25, -0.2) is 0 Å². The first-order chi connectivity index (χ1) is 27.4. The van der Waals surface area contributed by atoms with Gasteiger partial charge in [0.1, 0.15) is 13.2 Å². The molecular formula is C50H96O6. The first-order valence-corrected chi connectivity index (χ1v) is 24.9. The Morgan fingerprint density at radius 3 is 0.929 bits per heavy atom. The summed E-state index contributed by atoms with van der Waals surface area (Å²) in [4.78, 5) is 37.8. The van der Waals surface area contributed by atoms with Crippen molar-refractivity contribution in [1.82, 2.24) is 0 Å². The molecule has 1 unspecified atom stereocenters. The van der Waals surface area contributed by atoms with E-state index in [-0.39, 0.29) is 31.1 Å². The number of carbonyl (C=O) groups excluding carboxylic acids is 3. The molecule has 0 spiro atoms. The Labute approximate surface area is 348 Å². The van der Waals surface area contributed by atoms with E-state index in [1.54, 1.807) is 0 Å². The smallest absolute Gasteiger partial charge is 0.306 e. The summed E-state index contributed by atoms with van der Waals surface area (Å²) in [7, 11) is 0. The van der Waals surface area contributed by atoms with Gasteiger partial charge in [-0.15, -0.1) is 0 Å². The molecule has 0 aromatic heterocycles. The lowest BCUT2D eigenvalue weighted by Crippen LogP contribution is -2.30. The zero-order valence-corrected chi connectivity index (χ0v) is 38.1. The van der Waals surface area contributed by atoms with Crippen LogP contribution in [-0.4, -0.2) is 37.2 Å². The summed E-state index contributed by atoms with van der Waals surface area (Å²) in [6.45, 7) is 9.03. The van der Waals surface area contributed by atoms with Crippen molar-refractivity contribution in [3.8, 4) is 0 Å². The molecule has 0 heterocycles. The minimum absolute atomic E-state index is 0.0631. The number of esters is 3. The van der Waals surface area contributed by atoms with Crippen LogP contribution in [0.2, 0.25) is 0 Å². The fourth-order valence-electron chi connectivity index (χ4n) is 7.48. The Kier molecular flexibility index (Phi) is 43.2. The summed E-state index contributed by atoms with van der Waals surface area (Å²) in [5.74, 6) is 0.0221. The summed E-state index contributed by atoms with van der Waals surface area (Å²) >= 11 is 0. The maximum absolute atomic E-state index is 12.7. The molecule has 0 saturated heterocycles. The van der Waals surface area contributed by atoms with Gasteiger partial charge in [0.05, 0.1) is 0 Å². The quantitative estimate of drug-likeness (QED) is 0.0347. The molecule has 0 radical (unpaired) electrons. The standard InChI is InChI=1S/C50H96O6/c1-5-8-10-12-14-16-18-20-25-29-33-37-41-48(51)54-44-47(56-50(53)43-39-35-31-27-21-19-17-15-13-11-9-6-2)45-55-49(52)42-38-34-30-26-23-22-24-28-32-36-40-46(4)7-3/h46-47H,5-45H2,1-4H3/t46?,47-/m0/s1. The van der Waals surface area contributed by atoms with Gasteiger partial charge in [-0.1, -0.05) is 240 Å². The van der Waals surface area contributed by atoms with Crippen molar-refractivity contribution in [3.05, 3.63) is 0 Å². The topological polar surface area (TPSA) is 78.9 Å². The zero-order valence-electron chi connectivity index (χ0n) is 38.1. The van der Waals surface area contributed by atoms with E-state index < -0.39 is 6.10 Å². The molecule has 0 bridgehead atoms. The fraction of sp³-hybridized carbons (Fsp3) is 0.940. The van der Waals surface area contributed by atoms with Gasteiger partial charge in [0.2, 0.25) is 0 Å². The van der Waals surface area contributed by atoms with E-state index in [0.717, 1.165) is 63.7 Å². The molecule has 0 aromatic rings. The van der Waals surface area contributed by atoms with Gasteiger partial charge in [-0.3, -0.25) is 14.4 Å². The van der Waals surface area contributed by atoms with Gasteiger partial charge in [0.25, 0.3) is 0 Å². The highest BCUT2D eigenvalue weighted by Crippen LogP contribution is 2.17. The molecule has 2 atom stereocenters. The number of rotatable bonds is 45. The number of ether oxygens (including phenoxy) is 3. The first kappa shape index (κ1) is 54.4. The van der Waals surface area contributed by atoms with Crippen molar-refractivity contribution in [2.45, 2.75) is 284 Å². The van der Waals surface area contributed by atoms with Gasteiger partial charge < -0.3 is 14.2 Å². The number of carbonyl (C=O) groups is 3. The summed E-state index contributed by atoms with van der Waals surface area (Å²) in [6.07, 6.45) is 45.0. The summed E-state index contributed by atoms with van der Waals surface area (Å²) < 4.78 is 16.8. The molecule has 0 rings (SSSR count). The number of hydrogen-bond donors (Lipinski definition) is 0. The van der Waals surface area contributed by atoms with Crippen LogP contribution in [-0.2, 0) is 28.6 Å². The minimum atomic E-state index is -0.759. The van der Waals surface area contributed by atoms with Crippen LogP contribution in [0.1, 0.15) is 278 Å². The van der Waals surface area contributed by atoms with Crippen LogP contribution in [0.5, 0.6) is 0 Å². The van der Waals surface area contributed by atoms with Crippen LogP contribution < -0.4 is 0 Å². The molecule has 0 amide bonds. The molecule has 0 aliphatic heterocycles. The SMILES string of the molecule is CCCCCCCCCCCCCCC(=O)OC[C@@H](COC(=O)CCCCCCCCCCCCC(C)CC)OC(=O)CCCCCCCCCCCCCC. The molecule has 0 saturated carbocycles. The monoisotopic (exact) mass is 793 g/mol. The van der Waals surface area contributed by atoms with Crippen molar-refractivity contribution in [1.29, 1.82) is 0 Å². The van der Waals surface area contributed by atoms with E-state index in [1.807, 2.05) is 0 Å². The summed E-state index contributed by atoms with van der Waals surface area (Å²) in [5, 5.41) is 0. The normalized spacial score (nSPS) is 12.4. The Bertz CT molecular complexity index is 843. The second kappa shape index (κ2) is 44.5. The van der Waals surface area contributed by atoms with Gasteiger partial charge in [0.15, 0.2) is 6.10 Å². The molecular weight excluding hydrogens is 697 g/mol. The van der Waals surface area contributed by atoms with Gasteiger partial charge in [0, 0.05) is 19.3 Å². The fourth-order valence-corrected chi connectivity index (χ4v) is 7.48. The van der Waals surface area contributed by atoms with Crippen molar-refractivity contribution in [2.24, 2.45) is 5.92 Å². The molecule has 56 heavy (non-hydrogen) atoms. The zero-order chi connectivity index (χ0) is 41.0. The van der Waals surface area contributed by atoms with Crippen LogP contribution in [0.15, 0.2) is 0 Å². The molecule has 0 aliphatic carbocycles. The van der Waals surface area contributed by atoms with Crippen LogP contribution in [0.3, 0.4) is 0 Å². The Balaban J connectivity index is 4.32. The molecule has 6 nitrogen and oxygen atoms in total. The largest absolute Gasteiger partial charge is 0.462 e.